The highest BCUT2D eigenvalue weighted by Gasteiger charge is 2.36. The van der Waals surface area contributed by atoms with Gasteiger partial charge in [0.25, 0.3) is 0 Å². The van der Waals surface area contributed by atoms with Gasteiger partial charge in [-0.2, -0.15) is 8.61 Å². The van der Waals surface area contributed by atoms with Crippen molar-refractivity contribution in [3.05, 3.63) is 59.9 Å². The number of hydrogen-bond donors (Lipinski definition) is 0. The van der Waals surface area contributed by atoms with Crippen molar-refractivity contribution in [1.82, 2.24) is 8.61 Å². The molecule has 0 bridgehead atoms. The van der Waals surface area contributed by atoms with Gasteiger partial charge in [-0.3, -0.25) is 0 Å². The van der Waals surface area contributed by atoms with Crippen molar-refractivity contribution in [3.8, 4) is 0 Å². The summed E-state index contributed by atoms with van der Waals surface area (Å²) in [7, 11) is -7.63. The first-order chi connectivity index (χ1) is 16.2. The van der Waals surface area contributed by atoms with E-state index in [-0.39, 0.29) is 28.3 Å². The topological polar surface area (TPSA) is 74.8 Å². The maximum atomic E-state index is 14.5. The number of piperidine rings is 1. The lowest BCUT2D eigenvalue weighted by Crippen LogP contribution is -2.44. The largest absolute Gasteiger partial charge is 0.243 e. The Bertz CT molecular complexity index is 1190. The summed E-state index contributed by atoms with van der Waals surface area (Å²) >= 11 is 0. The summed E-state index contributed by atoms with van der Waals surface area (Å²) in [6, 6.07) is 11.5. The Morgan fingerprint density at radius 2 is 1.47 bits per heavy atom. The lowest BCUT2D eigenvalue weighted by Gasteiger charge is -2.38. The zero-order valence-corrected chi connectivity index (χ0v) is 21.2. The molecule has 34 heavy (non-hydrogen) atoms. The van der Waals surface area contributed by atoms with Gasteiger partial charge in [-0.25, -0.2) is 21.2 Å². The van der Waals surface area contributed by atoms with Crippen LogP contribution in [0.1, 0.15) is 57.4 Å². The van der Waals surface area contributed by atoms with Gasteiger partial charge in [-0.05, 0) is 61.9 Å². The van der Waals surface area contributed by atoms with Crippen molar-refractivity contribution in [2.24, 2.45) is 5.92 Å². The molecule has 0 unspecified atom stereocenters. The van der Waals surface area contributed by atoms with Crippen LogP contribution in [-0.4, -0.2) is 44.6 Å². The van der Waals surface area contributed by atoms with Gasteiger partial charge >= 0.3 is 0 Å². The summed E-state index contributed by atoms with van der Waals surface area (Å²) in [5.41, 5.74) is 0.327. The maximum Gasteiger partial charge on any atom is 0.243 e. The van der Waals surface area contributed by atoms with E-state index in [2.05, 4.69) is 0 Å². The molecular formula is C25H33FN2O4S2. The van der Waals surface area contributed by atoms with Crippen LogP contribution < -0.4 is 0 Å². The molecule has 2 fully saturated rings. The third-order valence-electron chi connectivity index (χ3n) is 7.10. The van der Waals surface area contributed by atoms with E-state index in [0.717, 1.165) is 44.9 Å². The molecule has 186 valence electrons. The van der Waals surface area contributed by atoms with Gasteiger partial charge in [0, 0.05) is 31.2 Å². The number of benzene rings is 2. The second-order valence-electron chi connectivity index (χ2n) is 9.41. The number of halogens is 1. The number of rotatable bonds is 7. The summed E-state index contributed by atoms with van der Waals surface area (Å²) in [4.78, 5) is 0.124. The fourth-order valence-electron chi connectivity index (χ4n) is 5.07. The van der Waals surface area contributed by atoms with Crippen LogP contribution in [0.15, 0.2) is 58.3 Å². The van der Waals surface area contributed by atoms with Crippen molar-refractivity contribution in [3.63, 3.8) is 0 Å². The maximum absolute atomic E-state index is 14.5. The molecule has 6 nitrogen and oxygen atoms in total. The zero-order chi connectivity index (χ0) is 24.3. The standard InChI is InChI=1S/C25H33FN2O4S2/c1-20-9-3-6-12-25(20)28(19-21-10-4-5-11-24(21)26)34(31,32)23-15-13-22(14-16-23)33(29,30)27-17-7-2-8-18-27/h4-5,10-11,13-16,20,25H,2-3,6-9,12,17-19H2,1H3/t20-,25-/m1/s1. The minimum absolute atomic E-state index is 0.0270. The van der Waals surface area contributed by atoms with E-state index in [0.29, 0.717) is 18.7 Å². The Morgan fingerprint density at radius 1 is 0.853 bits per heavy atom. The van der Waals surface area contributed by atoms with Crippen LogP contribution in [0.5, 0.6) is 0 Å². The normalized spacial score (nSPS) is 22.7. The first-order valence-electron chi connectivity index (χ1n) is 12.1. The highest BCUT2D eigenvalue weighted by atomic mass is 32.2. The van der Waals surface area contributed by atoms with Crippen molar-refractivity contribution < 1.29 is 21.2 Å². The predicted octanol–water partition coefficient (Wildman–Crippen LogP) is 4.77. The second kappa shape index (κ2) is 10.4. The Balaban J connectivity index is 1.66. The fraction of sp³-hybridized carbons (Fsp3) is 0.520. The summed E-state index contributed by atoms with van der Waals surface area (Å²) in [6.45, 7) is 2.95. The van der Waals surface area contributed by atoms with Crippen molar-refractivity contribution in [2.45, 2.75) is 74.2 Å². The van der Waals surface area contributed by atoms with Crippen molar-refractivity contribution >= 4 is 20.0 Å². The molecule has 0 amide bonds. The second-order valence-corrected chi connectivity index (χ2v) is 13.2. The van der Waals surface area contributed by atoms with Gasteiger partial charge in [0.15, 0.2) is 0 Å². The Morgan fingerprint density at radius 3 is 2.12 bits per heavy atom. The van der Waals surface area contributed by atoms with E-state index >= 15 is 0 Å². The van der Waals surface area contributed by atoms with E-state index in [1.54, 1.807) is 18.2 Å². The molecule has 4 rings (SSSR count). The third-order valence-corrected chi connectivity index (χ3v) is 10.9. The molecule has 0 spiro atoms. The highest BCUT2D eigenvalue weighted by molar-refractivity contribution is 7.89. The smallest absolute Gasteiger partial charge is 0.207 e. The molecule has 0 aromatic heterocycles. The number of sulfonamides is 2. The Kier molecular flexibility index (Phi) is 7.76. The van der Waals surface area contributed by atoms with E-state index in [1.165, 1.54) is 38.9 Å². The molecule has 2 aromatic rings. The van der Waals surface area contributed by atoms with Gasteiger partial charge in [-0.15, -0.1) is 0 Å². The number of nitrogens with zero attached hydrogens (tertiary/aromatic N) is 2. The zero-order valence-electron chi connectivity index (χ0n) is 19.6. The van der Waals surface area contributed by atoms with Crippen LogP contribution in [0.2, 0.25) is 0 Å². The Hall–Kier alpha value is -1.81. The summed E-state index contributed by atoms with van der Waals surface area (Å²) in [5, 5.41) is 0. The molecule has 1 aliphatic heterocycles. The van der Waals surface area contributed by atoms with Crippen LogP contribution in [0.4, 0.5) is 4.39 Å². The van der Waals surface area contributed by atoms with Crippen LogP contribution in [0.25, 0.3) is 0 Å². The van der Waals surface area contributed by atoms with Gasteiger partial charge < -0.3 is 0 Å². The van der Waals surface area contributed by atoms with Crippen LogP contribution in [-0.2, 0) is 26.6 Å². The quantitative estimate of drug-likeness (QED) is 0.540. The Labute approximate surface area is 202 Å². The molecule has 2 atom stereocenters. The van der Waals surface area contributed by atoms with Gasteiger partial charge in [0.2, 0.25) is 20.0 Å². The SMILES string of the molecule is C[C@@H]1CCCC[C@H]1N(Cc1ccccc1F)S(=O)(=O)c1ccc(S(=O)(=O)N2CCCCC2)cc1. The molecule has 2 aromatic carbocycles. The molecule has 0 N–H and O–H groups in total. The third kappa shape index (κ3) is 5.22. The minimum atomic E-state index is -3.98. The first-order valence-corrected chi connectivity index (χ1v) is 14.9. The molecule has 1 saturated carbocycles. The number of hydrogen-bond acceptors (Lipinski definition) is 4. The van der Waals surface area contributed by atoms with Gasteiger partial charge in [0.05, 0.1) is 9.79 Å². The average molecular weight is 509 g/mol. The lowest BCUT2D eigenvalue weighted by atomic mass is 9.86. The molecule has 2 aliphatic rings. The van der Waals surface area contributed by atoms with Gasteiger partial charge in [0.1, 0.15) is 5.82 Å². The molecule has 1 saturated heterocycles. The van der Waals surface area contributed by atoms with E-state index < -0.39 is 25.9 Å². The van der Waals surface area contributed by atoms with E-state index in [9.17, 15) is 21.2 Å². The highest BCUT2D eigenvalue weighted by Crippen LogP contribution is 2.34. The molecule has 0 radical (unpaired) electrons. The van der Waals surface area contributed by atoms with Crippen LogP contribution >= 0.6 is 0 Å². The van der Waals surface area contributed by atoms with Crippen LogP contribution in [0, 0.1) is 11.7 Å². The first kappa shape index (κ1) is 25.3. The van der Waals surface area contributed by atoms with E-state index in [4.69, 9.17) is 0 Å². The summed E-state index contributed by atoms with van der Waals surface area (Å²) in [6.07, 6.45) is 6.28. The molecule has 9 heteroatoms. The lowest BCUT2D eigenvalue weighted by molar-refractivity contribution is 0.184. The minimum Gasteiger partial charge on any atom is -0.207 e. The molecule has 1 aliphatic carbocycles. The summed E-state index contributed by atoms with van der Waals surface area (Å²) < 4.78 is 70.9. The predicted molar refractivity (Wildman–Crippen MR) is 130 cm³/mol. The summed E-state index contributed by atoms with van der Waals surface area (Å²) in [5.74, 6) is -0.289. The fourth-order valence-corrected chi connectivity index (χ4v) is 8.32. The van der Waals surface area contributed by atoms with Crippen molar-refractivity contribution in [2.75, 3.05) is 13.1 Å². The molecular weight excluding hydrogens is 475 g/mol. The molecule has 1 heterocycles. The average Bonchev–Trinajstić information content (AvgIpc) is 2.85. The monoisotopic (exact) mass is 508 g/mol. The van der Waals surface area contributed by atoms with Gasteiger partial charge in [-0.1, -0.05) is 44.4 Å². The van der Waals surface area contributed by atoms with Crippen molar-refractivity contribution in [1.29, 1.82) is 0 Å². The van der Waals surface area contributed by atoms with E-state index in [1.807, 2.05) is 6.92 Å². The van der Waals surface area contributed by atoms with Crippen LogP contribution in [0.3, 0.4) is 0 Å².